The maximum atomic E-state index is 12.5. The van der Waals surface area contributed by atoms with Crippen molar-refractivity contribution in [3.05, 3.63) is 24.3 Å². The Bertz CT molecular complexity index is 539. The van der Waals surface area contributed by atoms with Crippen LogP contribution in [0.2, 0.25) is 0 Å². The molecular weight excluding hydrogens is 288 g/mol. The average Bonchev–Trinajstić information content (AvgIpc) is 2.43. The molecule has 1 saturated carbocycles. The molecule has 0 atom stereocenters. The maximum Gasteiger partial charge on any atom is 0.242 e. The highest BCUT2D eigenvalue weighted by atomic mass is 32.2. The fourth-order valence-corrected chi connectivity index (χ4v) is 3.54. The predicted molar refractivity (Wildman–Crippen MR) is 83.0 cm³/mol. The molecule has 1 N–H and O–H groups in total. The van der Waals surface area contributed by atoms with Crippen LogP contribution >= 0.6 is 0 Å². The number of rotatable bonds is 8. The van der Waals surface area contributed by atoms with Gasteiger partial charge in [-0.25, -0.2) is 12.7 Å². The van der Waals surface area contributed by atoms with E-state index in [4.69, 9.17) is 4.74 Å². The lowest BCUT2D eigenvalue weighted by Gasteiger charge is -2.29. The van der Waals surface area contributed by atoms with Crippen LogP contribution in [0.1, 0.15) is 19.3 Å². The summed E-state index contributed by atoms with van der Waals surface area (Å²) in [6.45, 7) is 1.93. The zero-order chi connectivity index (χ0) is 15.3. The van der Waals surface area contributed by atoms with E-state index in [0.29, 0.717) is 29.7 Å². The second kappa shape index (κ2) is 7.24. The van der Waals surface area contributed by atoms with Crippen LogP contribution in [0.3, 0.4) is 0 Å². The van der Waals surface area contributed by atoms with Crippen LogP contribution in [-0.4, -0.2) is 46.5 Å². The van der Waals surface area contributed by atoms with Crippen LogP contribution in [0, 0.1) is 5.92 Å². The number of hydrogen-bond acceptors (Lipinski definition) is 4. The Morgan fingerprint density at radius 1 is 1.29 bits per heavy atom. The molecular formula is C15H24N2O3S. The topological polar surface area (TPSA) is 58.6 Å². The number of ether oxygens (including phenoxy) is 1. The molecule has 21 heavy (non-hydrogen) atoms. The zero-order valence-electron chi connectivity index (χ0n) is 12.7. The second-order valence-electron chi connectivity index (χ2n) is 5.51. The Balaban J connectivity index is 1.98. The van der Waals surface area contributed by atoms with Gasteiger partial charge in [-0.2, -0.15) is 0 Å². The highest BCUT2D eigenvalue weighted by molar-refractivity contribution is 7.89. The maximum absolute atomic E-state index is 12.5. The Hall–Kier alpha value is -1.11. The molecule has 0 saturated heterocycles. The minimum atomic E-state index is -3.39. The van der Waals surface area contributed by atoms with E-state index in [9.17, 15) is 8.42 Å². The van der Waals surface area contributed by atoms with Gasteiger partial charge >= 0.3 is 0 Å². The van der Waals surface area contributed by atoms with Gasteiger partial charge in [0, 0.05) is 20.1 Å². The molecule has 0 radical (unpaired) electrons. The number of benzene rings is 1. The van der Waals surface area contributed by atoms with Crippen LogP contribution in [0.15, 0.2) is 29.2 Å². The molecule has 1 fully saturated rings. The van der Waals surface area contributed by atoms with E-state index in [1.54, 1.807) is 31.3 Å². The van der Waals surface area contributed by atoms with Gasteiger partial charge in [-0.1, -0.05) is 6.42 Å². The molecule has 0 unspecified atom stereocenters. The molecule has 1 aromatic rings. The lowest BCUT2D eigenvalue weighted by molar-refractivity contribution is 0.263. The molecule has 1 aromatic carbocycles. The Morgan fingerprint density at radius 3 is 2.48 bits per heavy atom. The van der Waals surface area contributed by atoms with Gasteiger partial charge in [0.25, 0.3) is 0 Å². The van der Waals surface area contributed by atoms with Gasteiger partial charge in [0.1, 0.15) is 12.4 Å². The van der Waals surface area contributed by atoms with Gasteiger partial charge in [-0.3, -0.25) is 0 Å². The predicted octanol–water partition coefficient (Wildman–Crippen LogP) is 1.71. The van der Waals surface area contributed by atoms with Crippen molar-refractivity contribution in [1.82, 2.24) is 9.62 Å². The van der Waals surface area contributed by atoms with Crippen molar-refractivity contribution < 1.29 is 13.2 Å². The number of nitrogens with zero attached hydrogens (tertiary/aromatic N) is 1. The van der Waals surface area contributed by atoms with Gasteiger partial charge in [0.15, 0.2) is 0 Å². The summed E-state index contributed by atoms with van der Waals surface area (Å²) in [5, 5.41) is 2.99. The van der Waals surface area contributed by atoms with Gasteiger partial charge in [0.05, 0.1) is 4.90 Å². The van der Waals surface area contributed by atoms with Crippen molar-refractivity contribution in [2.45, 2.75) is 24.2 Å². The quantitative estimate of drug-likeness (QED) is 0.742. The lowest BCUT2D eigenvalue weighted by Crippen LogP contribution is -2.34. The summed E-state index contributed by atoms with van der Waals surface area (Å²) in [4.78, 5) is 0.324. The minimum Gasteiger partial charge on any atom is -0.492 e. The fourth-order valence-electron chi connectivity index (χ4n) is 2.30. The highest BCUT2D eigenvalue weighted by Crippen LogP contribution is 2.28. The van der Waals surface area contributed by atoms with E-state index in [-0.39, 0.29) is 0 Å². The van der Waals surface area contributed by atoms with Crippen LogP contribution in [0.4, 0.5) is 0 Å². The molecule has 0 spiro atoms. The summed E-state index contributed by atoms with van der Waals surface area (Å²) in [6, 6.07) is 6.64. The summed E-state index contributed by atoms with van der Waals surface area (Å²) in [6.07, 6.45) is 3.49. The van der Waals surface area contributed by atoms with Gasteiger partial charge in [-0.05, 0) is 50.1 Å². The summed E-state index contributed by atoms with van der Waals surface area (Å²) >= 11 is 0. The molecule has 6 heteroatoms. The van der Waals surface area contributed by atoms with Gasteiger partial charge in [0.2, 0.25) is 10.0 Å². The molecule has 5 nitrogen and oxygen atoms in total. The van der Waals surface area contributed by atoms with E-state index in [2.05, 4.69) is 5.32 Å². The van der Waals surface area contributed by atoms with E-state index < -0.39 is 10.0 Å². The summed E-state index contributed by atoms with van der Waals surface area (Å²) in [5.74, 6) is 1.21. The van der Waals surface area contributed by atoms with Crippen LogP contribution in [-0.2, 0) is 10.0 Å². The van der Waals surface area contributed by atoms with Crippen molar-refractivity contribution in [2.24, 2.45) is 5.92 Å². The largest absolute Gasteiger partial charge is 0.492 e. The Morgan fingerprint density at radius 2 is 1.95 bits per heavy atom. The zero-order valence-corrected chi connectivity index (χ0v) is 13.5. The normalized spacial score (nSPS) is 16.0. The smallest absolute Gasteiger partial charge is 0.242 e. The monoisotopic (exact) mass is 312 g/mol. The molecule has 1 aliphatic rings. The van der Waals surface area contributed by atoms with E-state index >= 15 is 0 Å². The van der Waals surface area contributed by atoms with E-state index in [1.165, 1.54) is 10.7 Å². The number of hydrogen-bond donors (Lipinski definition) is 1. The summed E-state index contributed by atoms with van der Waals surface area (Å²) < 4.78 is 31.9. The van der Waals surface area contributed by atoms with Crippen LogP contribution < -0.4 is 10.1 Å². The van der Waals surface area contributed by atoms with E-state index in [0.717, 1.165) is 19.4 Å². The third-order valence-electron chi connectivity index (χ3n) is 3.89. The standard InChI is InChI=1S/C15H24N2O3S/c1-16-10-11-20-14-6-8-15(9-7-14)21(18,19)17(2)12-13-4-3-5-13/h6-9,13,16H,3-5,10-12H2,1-2H3. The van der Waals surface area contributed by atoms with Crippen molar-refractivity contribution >= 4 is 10.0 Å². The summed E-state index contributed by atoms with van der Waals surface area (Å²) in [7, 11) is 0.129. The number of nitrogens with one attached hydrogen (secondary N) is 1. The van der Waals surface area contributed by atoms with E-state index in [1.807, 2.05) is 7.05 Å². The van der Waals surface area contributed by atoms with Crippen molar-refractivity contribution in [1.29, 1.82) is 0 Å². The van der Waals surface area contributed by atoms with Crippen LogP contribution in [0.25, 0.3) is 0 Å². The summed E-state index contributed by atoms with van der Waals surface area (Å²) in [5.41, 5.74) is 0. The van der Waals surface area contributed by atoms with Crippen LogP contribution in [0.5, 0.6) is 5.75 Å². The fraction of sp³-hybridized carbons (Fsp3) is 0.600. The molecule has 0 bridgehead atoms. The Labute approximate surface area is 127 Å². The second-order valence-corrected chi connectivity index (χ2v) is 7.55. The molecule has 118 valence electrons. The minimum absolute atomic E-state index is 0.324. The number of sulfonamides is 1. The van der Waals surface area contributed by atoms with Crippen molar-refractivity contribution in [3.8, 4) is 5.75 Å². The average molecular weight is 312 g/mol. The van der Waals surface area contributed by atoms with Gasteiger partial charge in [-0.15, -0.1) is 0 Å². The SMILES string of the molecule is CNCCOc1ccc(S(=O)(=O)N(C)CC2CCC2)cc1. The molecule has 0 amide bonds. The molecule has 1 aliphatic carbocycles. The third-order valence-corrected chi connectivity index (χ3v) is 5.73. The number of likely N-dealkylation sites (N-methyl/N-ethyl adjacent to an activating group) is 1. The molecule has 0 heterocycles. The lowest BCUT2D eigenvalue weighted by atomic mass is 9.86. The van der Waals surface area contributed by atoms with Crippen molar-refractivity contribution in [3.63, 3.8) is 0 Å². The molecule has 0 aromatic heterocycles. The third kappa shape index (κ3) is 4.18. The van der Waals surface area contributed by atoms with Gasteiger partial charge < -0.3 is 10.1 Å². The first-order valence-corrected chi connectivity index (χ1v) is 8.82. The first-order valence-electron chi connectivity index (χ1n) is 7.38. The molecule has 2 rings (SSSR count). The Kier molecular flexibility index (Phi) is 5.61. The first kappa shape index (κ1) is 16.3. The highest BCUT2D eigenvalue weighted by Gasteiger charge is 2.26. The van der Waals surface area contributed by atoms with Crippen molar-refractivity contribution in [2.75, 3.05) is 33.8 Å². The first-order chi connectivity index (χ1) is 10.0. The molecule has 0 aliphatic heterocycles.